The molecule has 7 atom stereocenters. The Morgan fingerprint density at radius 2 is 1.73 bits per heavy atom. The molecule has 0 radical (unpaired) electrons. The normalized spacial score (nSPS) is 54.5. The molecule has 0 aromatic rings. The van der Waals surface area contributed by atoms with Crippen LogP contribution in [0.1, 0.15) is 85.0 Å². The molecule has 4 fully saturated rings. The number of Topliss-reactive ketones (excluding diaryl/α,β-unsaturated/α-hetero) is 1. The van der Waals surface area contributed by atoms with Crippen molar-refractivity contribution >= 4 is 5.78 Å². The van der Waals surface area contributed by atoms with E-state index >= 15 is 0 Å². The number of hydrogen-bond donors (Lipinski definition) is 0. The van der Waals surface area contributed by atoms with E-state index in [1.165, 1.54) is 57.8 Å². The molecule has 124 valence electrons. The Bertz CT molecular complexity index is 469. The van der Waals surface area contributed by atoms with Crippen molar-refractivity contribution in [1.29, 1.82) is 0 Å². The van der Waals surface area contributed by atoms with Crippen molar-refractivity contribution in [2.75, 3.05) is 0 Å². The number of fused-ring (bicyclic) bond motifs is 5. The minimum atomic E-state index is 0.426. The van der Waals surface area contributed by atoms with E-state index in [2.05, 4.69) is 20.8 Å². The molecular weight excluding hydrogens is 268 g/mol. The molecule has 4 aliphatic rings. The van der Waals surface area contributed by atoms with Gasteiger partial charge in [0.1, 0.15) is 5.78 Å². The first-order chi connectivity index (χ1) is 10.5. The van der Waals surface area contributed by atoms with Crippen LogP contribution in [0.25, 0.3) is 0 Å². The van der Waals surface area contributed by atoms with Gasteiger partial charge in [-0.15, -0.1) is 0 Å². The van der Waals surface area contributed by atoms with Crippen LogP contribution in [0.3, 0.4) is 0 Å². The lowest BCUT2D eigenvalue weighted by Gasteiger charge is -2.59. The van der Waals surface area contributed by atoms with Crippen molar-refractivity contribution in [1.82, 2.24) is 0 Å². The average molecular weight is 303 g/mol. The Morgan fingerprint density at radius 3 is 2.50 bits per heavy atom. The van der Waals surface area contributed by atoms with E-state index in [0.29, 0.717) is 40.3 Å². The highest BCUT2D eigenvalue weighted by Crippen LogP contribution is 2.66. The lowest BCUT2D eigenvalue weighted by Crippen LogP contribution is -2.56. The zero-order valence-electron chi connectivity index (χ0n) is 14.9. The Kier molecular flexibility index (Phi) is 3.51. The van der Waals surface area contributed by atoms with Crippen molar-refractivity contribution in [3.05, 3.63) is 0 Å². The maximum Gasteiger partial charge on any atom is 0.136 e. The molecule has 1 nitrogen and oxygen atoms in total. The number of carbonyl (C=O) groups is 1. The van der Waals surface area contributed by atoms with Crippen molar-refractivity contribution in [2.24, 2.45) is 40.4 Å². The third kappa shape index (κ3) is 1.86. The van der Waals surface area contributed by atoms with Gasteiger partial charge in [-0.3, -0.25) is 4.79 Å². The van der Waals surface area contributed by atoms with Gasteiger partial charge in [0.15, 0.2) is 0 Å². The fourth-order valence-electron chi connectivity index (χ4n) is 7.74. The fourth-order valence-corrected chi connectivity index (χ4v) is 7.74. The van der Waals surface area contributed by atoms with Crippen LogP contribution in [-0.4, -0.2) is 5.78 Å². The van der Waals surface area contributed by atoms with Gasteiger partial charge < -0.3 is 0 Å². The summed E-state index contributed by atoms with van der Waals surface area (Å²) >= 11 is 0. The predicted molar refractivity (Wildman–Crippen MR) is 90.5 cm³/mol. The Hall–Kier alpha value is -0.330. The second-order valence-corrected chi connectivity index (χ2v) is 9.58. The van der Waals surface area contributed by atoms with Crippen LogP contribution in [0.5, 0.6) is 0 Å². The predicted octanol–water partition coefficient (Wildman–Crippen LogP) is 5.62. The summed E-state index contributed by atoms with van der Waals surface area (Å²) in [5, 5.41) is 0. The van der Waals surface area contributed by atoms with Gasteiger partial charge in [0.25, 0.3) is 0 Å². The smallest absolute Gasteiger partial charge is 0.136 e. The van der Waals surface area contributed by atoms with E-state index in [-0.39, 0.29) is 0 Å². The van der Waals surface area contributed by atoms with Crippen LogP contribution in [0.2, 0.25) is 0 Å². The summed E-state index contributed by atoms with van der Waals surface area (Å²) in [7, 11) is 0. The molecule has 22 heavy (non-hydrogen) atoms. The summed E-state index contributed by atoms with van der Waals surface area (Å²) in [5.41, 5.74) is 0.964. The summed E-state index contributed by atoms with van der Waals surface area (Å²) in [6.45, 7) is 7.47. The van der Waals surface area contributed by atoms with E-state index in [1.807, 2.05) is 0 Å². The summed E-state index contributed by atoms with van der Waals surface area (Å²) in [5.74, 6) is 4.11. The van der Waals surface area contributed by atoms with Gasteiger partial charge in [-0.05, 0) is 73.0 Å². The standard InChI is InChI=1S/C21H34O/c1-4-14-8-9-16-19-17(10-12-21(14,16)3)20(2)11-6-5-7-15(20)13-18(19)22/h14-17,19H,4-13H2,1-3H3/t14-,15+,16-,17-,19-,20-,21+/m0/s1. The first-order valence-corrected chi connectivity index (χ1v) is 10.0. The Morgan fingerprint density at radius 1 is 0.955 bits per heavy atom. The second-order valence-electron chi connectivity index (χ2n) is 9.58. The molecule has 0 N–H and O–H groups in total. The quantitative estimate of drug-likeness (QED) is 0.614. The number of ketones is 1. The minimum Gasteiger partial charge on any atom is -0.299 e. The summed E-state index contributed by atoms with van der Waals surface area (Å²) in [4.78, 5) is 13.1. The fraction of sp³-hybridized carbons (Fsp3) is 0.952. The topological polar surface area (TPSA) is 17.1 Å². The molecule has 0 unspecified atom stereocenters. The van der Waals surface area contributed by atoms with Gasteiger partial charge in [-0.2, -0.15) is 0 Å². The number of carbonyl (C=O) groups excluding carboxylic acids is 1. The molecule has 4 saturated carbocycles. The SMILES string of the molecule is CC[C@H]1CC[C@H]2[C@@H]3C(=O)C[C@H]4CCCC[C@]4(C)[C@H]3CC[C@]12C. The summed E-state index contributed by atoms with van der Waals surface area (Å²) < 4.78 is 0. The van der Waals surface area contributed by atoms with Crippen LogP contribution >= 0.6 is 0 Å². The first kappa shape index (κ1) is 15.2. The highest BCUT2D eigenvalue weighted by atomic mass is 16.1. The van der Waals surface area contributed by atoms with Crippen molar-refractivity contribution in [3.8, 4) is 0 Å². The molecule has 0 amide bonds. The van der Waals surface area contributed by atoms with Crippen LogP contribution in [0, 0.1) is 40.4 Å². The van der Waals surface area contributed by atoms with Crippen LogP contribution in [-0.2, 0) is 4.79 Å². The second kappa shape index (κ2) is 5.08. The number of rotatable bonds is 1. The summed E-state index contributed by atoms with van der Waals surface area (Å²) in [6.07, 6.45) is 13.2. The molecule has 4 rings (SSSR count). The van der Waals surface area contributed by atoms with Gasteiger partial charge >= 0.3 is 0 Å². The van der Waals surface area contributed by atoms with E-state index in [0.717, 1.165) is 12.3 Å². The van der Waals surface area contributed by atoms with Gasteiger partial charge in [0.05, 0.1) is 0 Å². The Labute approximate surface area is 136 Å². The first-order valence-electron chi connectivity index (χ1n) is 10.0. The molecule has 1 heteroatoms. The lowest BCUT2D eigenvalue weighted by atomic mass is 9.44. The minimum absolute atomic E-state index is 0.426. The van der Waals surface area contributed by atoms with E-state index in [9.17, 15) is 4.79 Å². The van der Waals surface area contributed by atoms with Crippen molar-refractivity contribution in [2.45, 2.75) is 85.0 Å². The third-order valence-electron chi connectivity index (χ3n) is 9.08. The van der Waals surface area contributed by atoms with Gasteiger partial charge in [0.2, 0.25) is 0 Å². The van der Waals surface area contributed by atoms with E-state index < -0.39 is 0 Å². The maximum absolute atomic E-state index is 13.1. The summed E-state index contributed by atoms with van der Waals surface area (Å²) in [6, 6.07) is 0. The monoisotopic (exact) mass is 302 g/mol. The molecule has 0 aromatic carbocycles. The zero-order chi connectivity index (χ0) is 15.5. The molecule has 0 aromatic heterocycles. The molecule has 0 saturated heterocycles. The average Bonchev–Trinajstić information content (AvgIpc) is 2.84. The third-order valence-corrected chi connectivity index (χ3v) is 9.08. The van der Waals surface area contributed by atoms with Gasteiger partial charge in [-0.25, -0.2) is 0 Å². The number of hydrogen-bond acceptors (Lipinski definition) is 1. The Balaban J connectivity index is 1.69. The van der Waals surface area contributed by atoms with Crippen LogP contribution < -0.4 is 0 Å². The van der Waals surface area contributed by atoms with E-state index in [1.54, 1.807) is 0 Å². The van der Waals surface area contributed by atoms with Crippen molar-refractivity contribution < 1.29 is 4.79 Å². The van der Waals surface area contributed by atoms with E-state index in [4.69, 9.17) is 0 Å². The van der Waals surface area contributed by atoms with Crippen molar-refractivity contribution in [3.63, 3.8) is 0 Å². The van der Waals surface area contributed by atoms with Crippen LogP contribution in [0.15, 0.2) is 0 Å². The lowest BCUT2D eigenvalue weighted by molar-refractivity contribution is -0.155. The maximum atomic E-state index is 13.1. The highest BCUT2D eigenvalue weighted by Gasteiger charge is 2.61. The molecule has 0 aliphatic heterocycles. The van der Waals surface area contributed by atoms with Gasteiger partial charge in [-0.1, -0.05) is 40.0 Å². The largest absolute Gasteiger partial charge is 0.299 e. The highest BCUT2D eigenvalue weighted by molar-refractivity contribution is 5.83. The molecule has 0 heterocycles. The zero-order valence-corrected chi connectivity index (χ0v) is 14.9. The molecule has 4 aliphatic carbocycles. The van der Waals surface area contributed by atoms with Crippen LogP contribution in [0.4, 0.5) is 0 Å². The molecule has 0 bridgehead atoms. The molecular formula is C21H34O. The molecule has 0 spiro atoms. The van der Waals surface area contributed by atoms with Gasteiger partial charge in [0, 0.05) is 12.3 Å².